The summed E-state index contributed by atoms with van der Waals surface area (Å²) in [6, 6.07) is 0.546. The molecule has 1 amide bonds. The van der Waals surface area contributed by atoms with E-state index >= 15 is 0 Å². The maximum atomic E-state index is 12.5. The predicted octanol–water partition coefficient (Wildman–Crippen LogP) is 0.454. The van der Waals surface area contributed by atoms with Crippen LogP contribution in [0.1, 0.15) is 20.3 Å². The van der Waals surface area contributed by atoms with E-state index < -0.39 is 0 Å². The maximum Gasteiger partial charge on any atom is 0.290 e. The number of fused-ring (bicyclic) bond motifs is 1. The highest BCUT2D eigenvalue weighted by atomic mass is 16.7. The van der Waals surface area contributed by atoms with Gasteiger partial charge in [-0.15, -0.1) is 0 Å². The van der Waals surface area contributed by atoms with Gasteiger partial charge in [-0.1, -0.05) is 0 Å². The van der Waals surface area contributed by atoms with Crippen molar-refractivity contribution in [2.45, 2.75) is 26.3 Å². The molecule has 0 aromatic carbocycles. The van der Waals surface area contributed by atoms with Crippen LogP contribution >= 0.6 is 0 Å². The van der Waals surface area contributed by atoms with Gasteiger partial charge >= 0.3 is 0 Å². The van der Waals surface area contributed by atoms with E-state index in [-0.39, 0.29) is 18.3 Å². The molecular formula is C15H26N2O5. The van der Waals surface area contributed by atoms with Crippen molar-refractivity contribution in [1.82, 2.24) is 9.96 Å². The SMILES string of the molecule is CC(C)N1C[C@@H]2COC[C@@H](C(=O)N3CCCO3)[C@@H]2C1.O=CO. The Morgan fingerprint density at radius 2 is 2.05 bits per heavy atom. The molecule has 0 aromatic rings. The summed E-state index contributed by atoms with van der Waals surface area (Å²) in [7, 11) is 0. The van der Waals surface area contributed by atoms with Crippen LogP contribution in [0.3, 0.4) is 0 Å². The Bertz CT molecular complexity index is 384. The lowest BCUT2D eigenvalue weighted by Gasteiger charge is -2.33. The summed E-state index contributed by atoms with van der Waals surface area (Å²) in [5.41, 5.74) is 0. The third-order valence-electron chi connectivity index (χ3n) is 4.71. The Kier molecular flexibility index (Phi) is 6.16. The van der Waals surface area contributed by atoms with Crippen molar-refractivity contribution in [3.63, 3.8) is 0 Å². The number of carbonyl (C=O) groups is 2. The molecule has 126 valence electrons. The molecule has 3 aliphatic heterocycles. The predicted molar refractivity (Wildman–Crippen MR) is 79.0 cm³/mol. The van der Waals surface area contributed by atoms with Crippen molar-refractivity contribution in [3.8, 4) is 0 Å². The fourth-order valence-electron chi connectivity index (χ4n) is 3.52. The standard InChI is InChI=1S/C14H24N2O3.CH2O2/c1-10(2)15-6-11-8-18-9-13(12(11)7-15)14(17)16-4-3-5-19-16;2-1-3/h10-13H,3-9H2,1-2H3;1H,(H,2,3)/t11-,12-,13-;/m1./s1. The monoisotopic (exact) mass is 314 g/mol. The second-order valence-corrected chi connectivity index (χ2v) is 6.35. The third kappa shape index (κ3) is 3.77. The van der Waals surface area contributed by atoms with Gasteiger partial charge in [-0.25, -0.2) is 5.06 Å². The average Bonchev–Trinajstić information content (AvgIpc) is 3.16. The van der Waals surface area contributed by atoms with Crippen molar-refractivity contribution in [2.75, 3.05) is 39.5 Å². The number of hydroxylamine groups is 2. The third-order valence-corrected chi connectivity index (χ3v) is 4.71. The highest BCUT2D eigenvalue weighted by molar-refractivity contribution is 5.78. The fourth-order valence-corrected chi connectivity index (χ4v) is 3.52. The van der Waals surface area contributed by atoms with Crippen LogP contribution in [0.15, 0.2) is 0 Å². The highest BCUT2D eigenvalue weighted by Crippen LogP contribution is 2.36. The molecule has 0 aliphatic carbocycles. The van der Waals surface area contributed by atoms with Crippen molar-refractivity contribution < 1.29 is 24.3 Å². The number of rotatable bonds is 2. The van der Waals surface area contributed by atoms with Gasteiger partial charge in [0.05, 0.1) is 32.3 Å². The maximum absolute atomic E-state index is 12.5. The van der Waals surface area contributed by atoms with Gasteiger partial charge in [0.15, 0.2) is 0 Å². The zero-order chi connectivity index (χ0) is 16.1. The Labute approximate surface area is 131 Å². The number of amides is 1. The molecule has 3 fully saturated rings. The van der Waals surface area contributed by atoms with Gasteiger partial charge in [-0.3, -0.25) is 14.4 Å². The number of hydrogen-bond acceptors (Lipinski definition) is 5. The Balaban J connectivity index is 0.000000545. The minimum absolute atomic E-state index is 0.0133. The van der Waals surface area contributed by atoms with Crippen molar-refractivity contribution in [2.24, 2.45) is 17.8 Å². The van der Waals surface area contributed by atoms with Crippen LogP contribution in [-0.4, -0.2) is 72.9 Å². The molecule has 0 spiro atoms. The van der Waals surface area contributed by atoms with Crippen LogP contribution in [0.25, 0.3) is 0 Å². The molecular weight excluding hydrogens is 288 g/mol. The van der Waals surface area contributed by atoms with Gasteiger partial charge < -0.3 is 14.7 Å². The van der Waals surface area contributed by atoms with Gasteiger partial charge in [0.2, 0.25) is 0 Å². The van der Waals surface area contributed by atoms with Crippen molar-refractivity contribution >= 4 is 12.4 Å². The first-order valence-corrected chi connectivity index (χ1v) is 7.92. The van der Waals surface area contributed by atoms with E-state index in [1.165, 1.54) is 0 Å². The number of likely N-dealkylation sites (tertiary alicyclic amines) is 1. The van der Waals surface area contributed by atoms with E-state index in [0.717, 1.165) is 32.7 Å². The van der Waals surface area contributed by atoms with E-state index in [9.17, 15) is 4.79 Å². The lowest BCUT2D eigenvalue weighted by atomic mass is 9.82. The van der Waals surface area contributed by atoms with E-state index in [2.05, 4.69) is 18.7 Å². The molecule has 0 unspecified atom stereocenters. The van der Waals surface area contributed by atoms with Crippen LogP contribution < -0.4 is 0 Å². The molecule has 0 aromatic heterocycles. The topological polar surface area (TPSA) is 79.3 Å². The molecule has 3 saturated heterocycles. The zero-order valence-corrected chi connectivity index (χ0v) is 13.3. The van der Waals surface area contributed by atoms with Crippen LogP contribution in [0.5, 0.6) is 0 Å². The van der Waals surface area contributed by atoms with Crippen LogP contribution in [0.2, 0.25) is 0 Å². The number of carbonyl (C=O) groups excluding carboxylic acids is 1. The van der Waals surface area contributed by atoms with Crippen LogP contribution in [0.4, 0.5) is 0 Å². The van der Waals surface area contributed by atoms with Gasteiger partial charge in [0, 0.05) is 19.1 Å². The van der Waals surface area contributed by atoms with E-state index in [1.54, 1.807) is 5.06 Å². The zero-order valence-electron chi connectivity index (χ0n) is 13.3. The molecule has 0 bridgehead atoms. The Morgan fingerprint density at radius 1 is 1.32 bits per heavy atom. The number of ether oxygens (including phenoxy) is 1. The summed E-state index contributed by atoms with van der Waals surface area (Å²) in [4.78, 5) is 28.8. The van der Waals surface area contributed by atoms with Gasteiger partial charge in [0.25, 0.3) is 12.4 Å². The summed E-state index contributed by atoms with van der Waals surface area (Å²) < 4.78 is 5.68. The quantitative estimate of drug-likeness (QED) is 0.746. The lowest BCUT2D eigenvalue weighted by Crippen LogP contribution is -2.45. The Hall–Kier alpha value is -1.18. The molecule has 3 atom stereocenters. The minimum atomic E-state index is -0.250. The minimum Gasteiger partial charge on any atom is -0.483 e. The second-order valence-electron chi connectivity index (χ2n) is 6.35. The summed E-state index contributed by atoms with van der Waals surface area (Å²) in [6.07, 6.45) is 0.950. The molecule has 1 N–H and O–H groups in total. The van der Waals surface area contributed by atoms with Gasteiger partial charge in [-0.2, -0.15) is 0 Å². The number of carboxylic acid groups (broad SMARTS) is 1. The van der Waals surface area contributed by atoms with E-state index in [1.807, 2.05) is 0 Å². The highest BCUT2D eigenvalue weighted by Gasteiger charge is 2.46. The van der Waals surface area contributed by atoms with E-state index in [0.29, 0.717) is 31.1 Å². The smallest absolute Gasteiger partial charge is 0.290 e. The first kappa shape index (κ1) is 17.2. The summed E-state index contributed by atoms with van der Waals surface area (Å²) in [5.74, 6) is 1.07. The first-order valence-electron chi connectivity index (χ1n) is 7.92. The van der Waals surface area contributed by atoms with Gasteiger partial charge in [0.1, 0.15) is 0 Å². The van der Waals surface area contributed by atoms with Crippen molar-refractivity contribution in [1.29, 1.82) is 0 Å². The average molecular weight is 314 g/mol. The summed E-state index contributed by atoms with van der Waals surface area (Å²) in [6.45, 7) is 9.05. The number of nitrogens with zero attached hydrogens (tertiary/aromatic N) is 2. The molecule has 7 heteroatoms. The van der Waals surface area contributed by atoms with E-state index in [4.69, 9.17) is 19.5 Å². The normalized spacial score (nSPS) is 31.6. The molecule has 0 radical (unpaired) electrons. The first-order chi connectivity index (χ1) is 10.6. The molecule has 0 saturated carbocycles. The van der Waals surface area contributed by atoms with Crippen LogP contribution in [-0.2, 0) is 19.2 Å². The number of hydrogen-bond donors (Lipinski definition) is 1. The van der Waals surface area contributed by atoms with Crippen LogP contribution in [0, 0.1) is 17.8 Å². The largest absolute Gasteiger partial charge is 0.483 e. The second kappa shape index (κ2) is 7.89. The molecule has 3 aliphatic rings. The molecule has 7 nitrogen and oxygen atoms in total. The molecule has 3 rings (SSSR count). The summed E-state index contributed by atoms with van der Waals surface area (Å²) >= 11 is 0. The Morgan fingerprint density at radius 3 is 2.64 bits per heavy atom. The fraction of sp³-hybridized carbons (Fsp3) is 0.867. The summed E-state index contributed by atoms with van der Waals surface area (Å²) in [5, 5.41) is 8.45. The lowest BCUT2D eigenvalue weighted by molar-refractivity contribution is -0.181. The van der Waals surface area contributed by atoms with Crippen molar-refractivity contribution in [3.05, 3.63) is 0 Å². The van der Waals surface area contributed by atoms with Gasteiger partial charge in [-0.05, 0) is 32.1 Å². The molecule has 22 heavy (non-hydrogen) atoms. The molecule has 3 heterocycles.